The molecule has 1 aliphatic rings. The molecule has 1 fully saturated rings. The van der Waals surface area contributed by atoms with Gasteiger partial charge in [0.1, 0.15) is 7.14 Å². The highest BCUT2D eigenvalue weighted by atomic mass is 31.2. The van der Waals surface area contributed by atoms with Crippen LogP contribution in [0.4, 0.5) is 0 Å². The second-order valence-corrected chi connectivity index (χ2v) is 28.0. The van der Waals surface area contributed by atoms with Crippen molar-refractivity contribution >= 4 is 34.4 Å². The molecule has 0 aromatic heterocycles. The van der Waals surface area contributed by atoms with Gasteiger partial charge in [0.2, 0.25) is 0 Å². The van der Waals surface area contributed by atoms with E-state index < -0.39 is 23.8 Å². The van der Waals surface area contributed by atoms with Gasteiger partial charge in [0.25, 0.3) is 0 Å². The van der Waals surface area contributed by atoms with Crippen molar-refractivity contribution < 1.29 is 13.4 Å². The van der Waals surface area contributed by atoms with E-state index >= 15 is 0 Å². The summed E-state index contributed by atoms with van der Waals surface area (Å²) in [4.78, 5) is 0. The van der Waals surface area contributed by atoms with Crippen molar-refractivity contribution in [1.82, 2.24) is 0 Å². The lowest BCUT2D eigenvalue weighted by atomic mass is 9.76. The molecule has 0 amide bonds. The zero-order valence-corrected chi connectivity index (χ0v) is 31.9. The summed E-state index contributed by atoms with van der Waals surface area (Å²) in [6.07, 6.45) is 6.76. The Balaban J connectivity index is 2.13. The van der Waals surface area contributed by atoms with Crippen molar-refractivity contribution in [3.8, 4) is 0 Å². The highest BCUT2D eigenvalue weighted by Crippen LogP contribution is 2.49. The number of allylic oxidation sites excluding steroid dienone is 1. The Labute approximate surface area is 266 Å². The van der Waals surface area contributed by atoms with E-state index in [2.05, 4.69) is 80.7 Å². The van der Waals surface area contributed by atoms with Gasteiger partial charge in [0.15, 0.2) is 16.6 Å². The first kappa shape index (κ1) is 36.0. The highest BCUT2D eigenvalue weighted by Gasteiger charge is 2.48. The summed E-state index contributed by atoms with van der Waals surface area (Å²) in [6.45, 7) is 30.3. The fourth-order valence-electron chi connectivity index (χ4n) is 5.40. The lowest BCUT2D eigenvalue weighted by Gasteiger charge is -2.49. The molecule has 1 aliphatic carbocycles. The Morgan fingerprint density at radius 2 is 1.30 bits per heavy atom. The third-order valence-electron chi connectivity index (χ3n) is 10.4. The predicted octanol–water partition coefficient (Wildman–Crippen LogP) is 10.5. The smallest absolute Gasteiger partial charge is 0.192 e. The van der Waals surface area contributed by atoms with Crippen LogP contribution in [-0.2, 0) is 13.4 Å². The van der Waals surface area contributed by atoms with Gasteiger partial charge in [-0.15, -0.1) is 0 Å². The third-order valence-corrected chi connectivity index (χ3v) is 22.3. The van der Waals surface area contributed by atoms with Crippen LogP contribution >= 0.6 is 7.14 Å². The maximum atomic E-state index is 14.9. The van der Waals surface area contributed by atoms with Gasteiger partial charge in [0.05, 0.1) is 12.2 Å². The molecule has 43 heavy (non-hydrogen) atoms. The van der Waals surface area contributed by atoms with E-state index in [-0.39, 0.29) is 28.2 Å². The van der Waals surface area contributed by atoms with Gasteiger partial charge in [-0.3, -0.25) is 0 Å². The fraction of sp³-hybridized carbons (Fsp3) is 0.568. The normalized spacial score (nSPS) is 21.8. The van der Waals surface area contributed by atoms with Crippen LogP contribution in [0.2, 0.25) is 36.3 Å². The molecule has 3 atom stereocenters. The fourth-order valence-corrected chi connectivity index (χ4v) is 10.6. The number of rotatable bonds is 11. The highest BCUT2D eigenvalue weighted by molar-refractivity contribution is 7.78. The molecular weight excluding hydrogens is 580 g/mol. The SMILES string of the molecule is C=C1/C(=C\CP(=O)(c2ccccc2)c2ccccc2)C[C@H](O[Si](C)(C)C(C)(C)C)[C@H](CCCC)[C@@H]1O[Si](C)(C)C(C)(C)C. The molecule has 0 heterocycles. The quantitative estimate of drug-likeness (QED) is 0.181. The first-order valence-corrected chi connectivity index (χ1v) is 24.0. The number of benzene rings is 2. The van der Waals surface area contributed by atoms with Crippen molar-refractivity contribution in [2.75, 3.05) is 6.16 Å². The first-order valence-electron chi connectivity index (χ1n) is 16.3. The molecule has 6 heteroatoms. The summed E-state index contributed by atoms with van der Waals surface area (Å²) >= 11 is 0. The molecule has 3 rings (SSSR count). The van der Waals surface area contributed by atoms with Gasteiger partial charge in [-0.05, 0) is 60.3 Å². The minimum absolute atomic E-state index is 0.0480. The third kappa shape index (κ3) is 8.41. The number of unbranched alkanes of at least 4 members (excludes halogenated alkanes) is 1. The van der Waals surface area contributed by atoms with Gasteiger partial charge < -0.3 is 13.4 Å². The summed E-state index contributed by atoms with van der Waals surface area (Å²) in [6, 6.07) is 20.0. The topological polar surface area (TPSA) is 35.5 Å². The number of hydrogen-bond acceptors (Lipinski definition) is 3. The zero-order chi connectivity index (χ0) is 32.3. The molecule has 2 aromatic carbocycles. The maximum Gasteiger partial charge on any atom is 0.192 e. The van der Waals surface area contributed by atoms with E-state index in [9.17, 15) is 4.57 Å². The van der Waals surface area contributed by atoms with Crippen molar-refractivity contribution in [3.63, 3.8) is 0 Å². The summed E-state index contributed by atoms with van der Waals surface area (Å²) in [5.41, 5.74) is 2.22. The van der Waals surface area contributed by atoms with Gasteiger partial charge in [0, 0.05) is 22.7 Å². The van der Waals surface area contributed by atoms with Crippen LogP contribution < -0.4 is 10.6 Å². The van der Waals surface area contributed by atoms with Crippen LogP contribution in [0, 0.1) is 5.92 Å². The van der Waals surface area contributed by atoms with Gasteiger partial charge in [-0.2, -0.15) is 0 Å². The monoisotopic (exact) mass is 638 g/mol. The molecule has 0 radical (unpaired) electrons. The standard InChI is InChI=1S/C37H59O3PSi2/c1-13-14-25-33-34(39-42(9,10)36(3,4)5)28-30(29(2)35(33)40-43(11,12)37(6,7)8)26-27-41(38,31-21-17-15-18-22-31)32-23-19-16-20-24-32/h15-24,26,33-35H,2,13-14,25,27-28H2,1,3-12H3/b30-26-/t33-,34-,35+/m0/s1. The lowest BCUT2D eigenvalue weighted by molar-refractivity contribution is 0.0254. The summed E-state index contributed by atoms with van der Waals surface area (Å²) in [7, 11) is -7.10. The second-order valence-electron chi connectivity index (χ2n) is 15.6. The van der Waals surface area contributed by atoms with Gasteiger partial charge in [-0.25, -0.2) is 0 Å². The van der Waals surface area contributed by atoms with Gasteiger partial charge >= 0.3 is 0 Å². The molecule has 0 N–H and O–H groups in total. The average Bonchev–Trinajstić information content (AvgIpc) is 2.93. The van der Waals surface area contributed by atoms with E-state index in [1.165, 1.54) is 0 Å². The van der Waals surface area contributed by atoms with Crippen molar-refractivity contribution in [2.24, 2.45) is 5.92 Å². The van der Waals surface area contributed by atoms with Crippen molar-refractivity contribution in [3.05, 3.63) is 84.5 Å². The molecule has 3 nitrogen and oxygen atoms in total. The van der Waals surface area contributed by atoms with Crippen LogP contribution in [0.5, 0.6) is 0 Å². The Bertz CT molecular complexity index is 1240. The Morgan fingerprint density at radius 1 is 0.837 bits per heavy atom. The minimum atomic E-state index is -2.91. The lowest BCUT2D eigenvalue weighted by Crippen LogP contribution is -2.53. The molecule has 238 valence electrons. The van der Waals surface area contributed by atoms with E-state index in [1.807, 2.05) is 60.7 Å². The summed E-state index contributed by atoms with van der Waals surface area (Å²) < 4.78 is 29.5. The van der Waals surface area contributed by atoms with Gasteiger partial charge in [-0.1, -0.05) is 135 Å². The molecule has 1 saturated carbocycles. The molecule has 0 bridgehead atoms. The van der Waals surface area contributed by atoms with Crippen LogP contribution in [0.25, 0.3) is 0 Å². The Morgan fingerprint density at radius 3 is 1.74 bits per heavy atom. The second kappa shape index (κ2) is 13.9. The van der Waals surface area contributed by atoms with E-state index in [4.69, 9.17) is 15.4 Å². The van der Waals surface area contributed by atoms with Crippen molar-refractivity contribution in [2.45, 2.75) is 123 Å². The molecule has 0 aliphatic heterocycles. The molecule has 2 aromatic rings. The van der Waals surface area contributed by atoms with Crippen LogP contribution in [-0.4, -0.2) is 35.0 Å². The summed E-state index contributed by atoms with van der Waals surface area (Å²) in [5, 5.41) is 1.97. The number of hydrogen-bond donors (Lipinski definition) is 0. The van der Waals surface area contributed by atoms with Crippen LogP contribution in [0.1, 0.15) is 74.1 Å². The largest absolute Gasteiger partial charge is 0.413 e. The molecule has 0 unspecified atom stereocenters. The van der Waals surface area contributed by atoms with E-state index in [0.29, 0.717) is 6.16 Å². The van der Waals surface area contributed by atoms with Crippen molar-refractivity contribution in [1.29, 1.82) is 0 Å². The first-order chi connectivity index (χ1) is 19.8. The predicted molar refractivity (Wildman–Crippen MR) is 194 cm³/mol. The molecular formula is C37H59O3PSi2. The zero-order valence-electron chi connectivity index (χ0n) is 29.0. The van der Waals surface area contributed by atoms with E-state index in [1.54, 1.807) is 0 Å². The maximum absolute atomic E-state index is 14.9. The minimum Gasteiger partial charge on any atom is -0.413 e. The molecule has 0 saturated heterocycles. The van der Waals surface area contributed by atoms with E-state index in [0.717, 1.165) is 47.4 Å². The van der Waals surface area contributed by atoms with Crippen LogP contribution in [0.3, 0.4) is 0 Å². The molecule has 0 spiro atoms. The Kier molecular flexibility index (Phi) is 11.6. The Hall–Kier alpha value is -1.50. The average molecular weight is 639 g/mol. The van der Waals surface area contributed by atoms with Crippen LogP contribution in [0.15, 0.2) is 84.5 Å². The summed E-state index contributed by atoms with van der Waals surface area (Å²) in [5.74, 6) is 0.253.